The molecule has 2 atom stereocenters. The lowest BCUT2D eigenvalue weighted by molar-refractivity contribution is -0.138. The Hall–Kier alpha value is -1.69. The van der Waals surface area contributed by atoms with Gasteiger partial charge in [-0.05, 0) is 50.5 Å². The molecule has 0 aliphatic heterocycles. The van der Waals surface area contributed by atoms with E-state index in [-0.39, 0.29) is 30.2 Å². The van der Waals surface area contributed by atoms with Crippen molar-refractivity contribution in [1.29, 1.82) is 0 Å². The van der Waals surface area contributed by atoms with Crippen LogP contribution in [0.1, 0.15) is 43.9 Å². The number of carbonyl (C=O) groups is 2. The van der Waals surface area contributed by atoms with E-state index >= 15 is 0 Å². The molecule has 0 saturated heterocycles. The molecule has 0 fully saturated rings. The minimum Gasteiger partial charge on any atom is -0.352 e. The first-order valence-electron chi connectivity index (χ1n) is 10.4. The zero-order chi connectivity index (χ0) is 23.0. The number of hydrogen-bond acceptors (Lipinski definition) is 3. The largest absolute Gasteiger partial charge is 0.352 e. The Morgan fingerprint density at radius 3 is 2.39 bits per heavy atom. The van der Waals surface area contributed by atoms with Gasteiger partial charge >= 0.3 is 0 Å². The minimum absolute atomic E-state index is 0.0435. The van der Waals surface area contributed by atoms with Gasteiger partial charge in [0, 0.05) is 28.4 Å². The molecule has 31 heavy (non-hydrogen) atoms. The molecule has 0 aromatic heterocycles. The van der Waals surface area contributed by atoms with Crippen LogP contribution in [0.2, 0.25) is 10.0 Å². The fraction of sp³-hybridized carbons (Fsp3) is 0.417. The Morgan fingerprint density at radius 2 is 1.77 bits per heavy atom. The maximum absolute atomic E-state index is 13.1. The molecule has 168 valence electrons. The highest BCUT2D eigenvalue weighted by atomic mass is 35.5. The molecule has 7 heteroatoms. The summed E-state index contributed by atoms with van der Waals surface area (Å²) in [4.78, 5) is 27.5. The van der Waals surface area contributed by atoms with E-state index in [2.05, 4.69) is 29.6 Å². The van der Waals surface area contributed by atoms with Gasteiger partial charge in [0.05, 0.1) is 5.75 Å². The molecule has 4 nitrogen and oxygen atoms in total. The number of aryl methyl sites for hydroxylation is 1. The highest BCUT2D eigenvalue weighted by Gasteiger charge is 2.27. The first kappa shape index (κ1) is 25.6. The lowest BCUT2D eigenvalue weighted by atomic mass is 10.1. The molecule has 2 aromatic carbocycles. The maximum Gasteiger partial charge on any atom is 0.242 e. The molecule has 0 unspecified atom stereocenters. The van der Waals surface area contributed by atoms with Gasteiger partial charge < -0.3 is 10.2 Å². The van der Waals surface area contributed by atoms with E-state index in [0.717, 1.165) is 17.7 Å². The van der Waals surface area contributed by atoms with E-state index in [1.165, 1.54) is 22.9 Å². The molecule has 0 radical (unpaired) electrons. The predicted molar refractivity (Wildman–Crippen MR) is 132 cm³/mol. The van der Waals surface area contributed by atoms with Gasteiger partial charge in [0.1, 0.15) is 6.04 Å². The van der Waals surface area contributed by atoms with Crippen molar-refractivity contribution in [2.45, 2.75) is 58.5 Å². The normalized spacial score (nSPS) is 12.8. The molecule has 2 rings (SSSR count). The number of halogens is 2. The van der Waals surface area contributed by atoms with Crippen molar-refractivity contribution in [3.63, 3.8) is 0 Å². The van der Waals surface area contributed by atoms with Crippen LogP contribution in [0.4, 0.5) is 0 Å². The van der Waals surface area contributed by atoms with Crippen LogP contribution >= 0.6 is 35.0 Å². The van der Waals surface area contributed by atoms with E-state index < -0.39 is 6.04 Å². The lowest BCUT2D eigenvalue weighted by Crippen LogP contribution is -2.50. The van der Waals surface area contributed by atoms with Gasteiger partial charge in [0.2, 0.25) is 11.8 Å². The number of nitrogens with one attached hydrogen (secondary N) is 1. The van der Waals surface area contributed by atoms with Gasteiger partial charge in [-0.3, -0.25) is 9.59 Å². The second-order valence-electron chi connectivity index (χ2n) is 7.73. The van der Waals surface area contributed by atoms with Crippen LogP contribution in [0.5, 0.6) is 0 Å². The molecular formula is C24H30Cl2N2O2S. The van der Waals surface area contributed by atoms with Crippen molar-refractivity contribution < 1.29 is 9.59 Å². The molecule has 0 heterocycles. The van der Waals surface area contributed by atoms with E-state index in [1.807, 2.05) is 20.8 Å². The molecule has 0 bridgehead atoms. The fourth-order valence-electron chi connectivity index (χ4n) is 2.90. The second-order valence-corrected chi connectivity index (χ2v) is 9.56. The van der Waals surface area contributed by atoms with Crippen LogP contribution in [0.3, 0.4) is 0 Å². The van der Waals surface area contributed by atoms with Gasteiger partial charge in [0.25, 0.3) is 0 Å². The number of amides is 2. The van der Waals surface area contributed by atoms with Crippen molar-refractivity contribution in [3.05, 3.63) is 69.2 Å². The number of rotatable bonds is 10. The van der Waals surface area contributed by atoms with Crippen LogP contribution in [0, 0.1) is 6.92 Å². The quantitative estimate of drug-likeness (QED) is 0.462. The average molecular weight is 481 g/mol. The van der Waals surface area contributed by atoms with Gasteiger partial charge in [-0.15, -0.1) is 11.8 Å². The van der Waals surface area contributed by atoms with E-state index in [0.29, 0.717) is 10.0 Å². The summed E-state index contributed by atoms with van der Waals surface area (Å²) >= 11 is 13.9. The third kappa shape index (κ3) is 8.06. The molecule has 0 aliphatic carbocycles. The predicted octanol–water partition coefficient (Wildman–Crippen LogP) is 5.87. The van der Waals surface area contributed by atoms with Gasteiger partial charge in [-0.25, -0.2) is 0 Å². The summed E-state index contributed by atoms with van der Waals surface area (Å²) in [6, 6.07) is 12.9. The minimum atomic E-state index is -0.617. The monoisotopic (exact) mass is 480 g/mol. The van der Waals surface area contributed by atoms with E-state index in [4.69, 9.17) is 23.2 Å². The Balaban J connectivity index is 2.11. The van der Waals surface area contributed by atoms with Gasteiger partial charge in [-0.2, -0.15) is 0 Å². The SMILES string of the molecule is CC[C@H](C)NC(=O)[C@@H](C)N(Cc1ccc(Cl)cc1Cl)C(=O)CSCc1ccc(C)cc1. The number of nitrogens with zero attached hydrogens (tertiary/aromatic N) is 1. The third-order valence-electron chi connectivity index (χ3n) is 5.14. The highest BCUT2D eigenvalue weighted by Crippen LogP contribution is 2.24. The third-order valence-corrected chi connectivity index (χ3v) is 6.71. The van der Waals surface area contributed by atoms with E-state index in [9.17, 15) is 9.59 Å². The molecule has 0 spiro atoms. The second kappa shape index (κ2) is 12.4. The summed E-state index contributed by atoms with van der Waals surface area (Å²) in [6.07, 6.45) is 0.821. The topological polar surface area (TPSA) is 49.4 Å². The Labute approximate surface area is 199 Å². The van der Waals surface area contributed by atoms with Crippen LogP contribution in [0.25, 0.3) is 0 Å². The zero-order valence-electron chi connectivity index (χ0n) is 18.5. The number of thioether (sulfide) groups is 1. The van der Waals surface area contributed by atoms with Crippen LogP contribution in [-0.4, -0.2) is 34.6 Å². The smallest absolute Gasteiger partial charge is 0.242 e. The summed E-state index contributed by atoms with van der Waals surface area (Å²) in [5.74, 6) is 0.737. The summed E-state index contributed by atoms with van der Waals surface area (Å²) in [5, 5.41) is 3.98. The molecule has 2 amide bonds. The first-order valence-corrected chi connectivity index (χ1v) is 12.3. The lowest BCUT2D eigenvalue weighted by Gasteiger charge is -2.30. The first-order chi connectivity index (χ1) is 14.7. The van der Waals surface area contributed by atoms with Crippen molar-refractivity contribution in [2.75, 3.05) is 5.75 Å². The zero-order valence-corrected chi connectivity index (χ0v) is 20.8. The van der Waals surface area contributed by atoms with Crippen LogP contribution < -0.4 is 5.32 Å². The van der Waals surface area contributed by atoms with Crippen molar-refractivity contribution in [3.8, 4) is 0 Å². The average Bonchev–Trinajstić information content (AvgIpc) is 2.73. The van der Waals surface area contributed by atoms with E-state index in [1.54, 1.807) is 30.0 Å². The van der Waals surface area contributed by atoms with Crippen LogP contribution in [0.15, 0.2) is 42.5 Å². The molecule has 0 saturated carbocycles. The fourth-order valence-corrected chi connectivity index (χ4v) is 4.24. The summed E-state index contributed by atoms with van der Waals surface area (Å²) in [6.45, 7) is 8.00. The number of hydrogen-bond donors (Lipinski definition) is 1. The van der Waals surface area contributed by atoms with Gasteiger partial charge in [-0.1, -0.05) is 66.0 Å². The number of benzene rings is 2. The van der Waals surface area contributed by atoms with Gasteiger partial charge in [0.15, 0.2) is 0 Å². The standard InChI is InChI=1S/C24H30Cl2N2O2S/c1-5-17(3)27-24(30)18(4)28(13-20-10-11-21(25)12-22(20)26)23(29)15-31-14-19-8-6-16(2)7-9-19/h6-12,17-18H,5,13-15H2,1-4H3,(H,27,30)/t17-,18+/m0/s1. The highest BCUT2D eigenvalue weighted by molar-refractivity contribution is 7.99. The Bertz CT molecular complexity index is 890. The summed E-state index contributed by atoms with van der Waals surface area (Å²) in [7, 11) is 0. The number of carbonyl (C=O) groups excluding carboxylic acids is 2. The summed E-state index contributed by atoms with van der Waals surface area (Å²) in [5.41, 5.74) is 3.13. The van der Waals surface area contributed by atoms with Crippen molar-refractivity contribution >= 4 is 46.8 Å². The Morgan fingerprint density at radius 1 is 1.10 bits per heavy atom. The molecular weight excluding hydrogens is 451 g/mol. The molecule has 1 N–H and O–H groups in total. The van der Waals surface area contributed by atoms with Crippen LogP contribution in [-0.2, 0) is 21.9 Å². The molecule has 2 aromatic rings. The summed E-state index contributed by atoms with van der Waals surface area (Å²) < 4.78 is 0. The van der Waals surface area contributed by atoms with Crippen molar-refractivity contribution in [1.82, 2.24) is 10.2 Å². The molecule has 0 aliphatic rings. The Kier molecular flexibility index (Phi) is 10.2. The maximum atomic E-state index is 13.1. The van der Waals surface area contributed by atoms with Crippen molar-refractivity contribution in [2.24, 2.45) is 0 Å².